The van der Waals surface area contributed by atoms with E-state index in [0.717, 1.165) is 7.11 Å². The second-order valence-corrected chi connectivity index (χ2v) is 3.46. The molecule has 0 radical (unpaired) electrons. The van der Waals surface area contributed by atoms with Gasteiger partial charge in [0, 0.05) is 12.7 Å². The van der Waals surface area contributed by atoms with E-state index in [9.17, 15) is 18.0 Å². The fourth-order valence-corrected chi connectivity index (χ4v) is 1.75. The van der Waals surface area contributed by atoms with Crippen LogP contribution in [0.2, 0.25) is 0 Å². The Bertz CT molecular complexity index is 377. The van der Waals surface area contributed by atoms with Crippen molar-refractivity contribution < 1.29 is 22.7 Å². The molecule has 1 aromatic carbocycles. The zero-order chi connectivity index (χ0) is 12.4. The number of rotatable bonds is 3. The van der Waals surface area contributed by atoms with Gasteiger partial charge in [-0.2, -0.15) is 13.2 Å². The van der Waals surface area contributed by atoms with Crippen LogP contribution < -0.4 is 0 Å². The number of benzene rings is 1. The first-order chi connectivity index (χ1) is 7.36. The summed E-state index contributed by atoms with van der Waals surface area (Å²) in [5.74, 6) is 0. The lowest BCUT2D eigenvalue weighted by Crippen LogP contribution is -2.49. The van der Waals surface area contributed by atoms with Crippen LogP contribution in [0.15, 0.2) is 30.3 Å². The predicted octanol–water partition coefficient (Wildman–Crippen LogP) is 2.55. The maximum atomic E-state index is 12.9. The van der Waals surface area contributed by atoms with Crippen molar-refractivity contribution in [1.29, 1.82) is 0 Å². The highest BCUT2D eigenvalue weighted by atomic mass is 32.1. The Kier molecular flexibility index (Phi) is 3.64. The highest BCUT2D eigenvalue weighted by Crippen LogP contribution is 2.43. The van der Waals surface area contributed by atoms with Crippen molar-refractivity contribution >= 4 is 17.7 Å². The average Bonchev–Trinajstić information content (AvgIpc) is 2.18. The van der Waals surface area contributed by atoms with Crippen LogP contribution in [0.25, 0.3) is 0 Å². The molecule has 1 atom stereocenters. The topological polar surface area (TPSA) is 26.3 Å². The molecule has 6 heteroatoms. The molecule has 0 unspecified atom stereocenters. The molecule has 0 amide bonds. The second kappa shape index (κ2) is 4.47. The minimum atomic E-state index is -4.86. The van der Waals surface area contributed by atoms with Crippen molar-refractivity contribution in [2.75, 3.05) is 7.11 Å². The molecule has 1 rings (SSSR count). The molecule has 0 aliphatic heterocycles. The normalized spacial score (nSPS) is 15.6. The summed E-state index contributed by atoms with van der Waals surface area (Å²) in [4.78, 5) is 11.2. The average molecular weight is 250 g/mol. The van der Waals surface area contributed by atoms with E-state index in [1.54, 1.807) is 6.07 Å². The maximum absolute atomic E-state index is 12.9. The van der Waals surface area contributed by atoms with Crippen molar-refractivity contribution in [2.45, 2.75) is 11.8 Å². The van der Waals surface area contributed by atoms with E-state index in [2.05, 4.69) is 17.4 Å². The van der Waals surface area contributed by atoms with E-state index in [4.69, 9.17) is 0 Å². The second-order valence-electron chi connectivity index (χ2n) is 3.05. The number of carbonyl (C=O) groups excluding carboxylic acids is 1. The summed E-state index contributed by atoms with van der Waals surface area (Å²) in [7, 11) is 0.828. The lowest BCUT2D eigenvalue weighted by molar-refractivity contribution is -0.260. The van der Waals surface area contributed by atoms with E-state index in [1.807, 2.05) is 0 Å². The van der Waals surface area contributed by atoms with E-state index < -0.39 is 16.9 Å². The Hall–Kier alpha value is -1.01. The number of halogens is 3. The van der Waals surface area contributed by atoms with Crippen LogP contribution in [0, 0.1) is 0 Å². The number of alkyl halides is 3. The fourth-order valence-electron chi connectivity index (χ4n) is 1.40. The number of hydrogen-bond donors (Lipinski definition) is 1. The molecule has 2 nitrogen and oxygen atoms in total. The Labute approximate surface area is 95.8 Å². The lowest BCUT2D eigenvalue weighted by atomic mass is 9.94. The number of carbonyl (C=O) groups is 1. The Morgan fingerprint density at radius 1 is 1.25 bits per heavy atom. The van der Waals surface area contributed by atoms with Crippen molar-refractivity contribution in [3.8, 4) is 0 Å². The molecule has 0 heterocycles. The van der Waals surface area contributed by atoms with E-state index in [-0.39, 0.29) is 5.56 Å². The quantitative estimate of drug-likeness (QED) is 0.834. The van der Waals surface area contributed by atoms with Crippen LogP contribution in [0.3, 0.4) is 0 Å². The van der Waals surface area contributed by atoms with Crippen LogP contribution in [0.1, 0.15) is 5.56 Å². The monoisotopic (exact) mass is 250 g/mol. The van der Waals surface area contributed by atoms with Crippen LogP contribution >= 0.6 is 12.6 Å². The van der Waals surface area contributed by atoms with Gasteiger partial charge < -0.3 is 4.74 Å². The molecule has 1 aromatic rings. The number of ether oxygens (including phenoxy) is 1. The van der Waals surface area contributed by atoms with Crippen LogP contribution in [0.5, 0.6) is 0 Å². The molecular weight excluding hydrogens is 241 g/mol. The molecule has 88 valence electrons. The third-order valence-electron chi connectivity index (χ3n) is 2.19. The molecule has 0 saturated carbocycles. The number of methoxy groups -OCH3 is 1. The SMILES string of the molecule is CO[C@@](C(=O)S)(c1ccccc1)C(F)(F)F. The summed E-state index contributed by atoms with van der Waals surface area (Å²) in [5, 5.41) is -1.39. The molecule has 16 heavy (non-hydrogen) atoms. The Morgan fingerprint density at radius 2 is 1.75 bits per heavy atom. The minimum Gasteiger partial charge on any atom is -0.357 e. The van der Waals surface area contributed by atoms with Gasteiger partial charge in [0.15, 0.2) is 0 Å². The maximum Gasteiger partial charge on any atom is 0.429 e. The van der Waals surface area contributed by atoms with Crippen molar-refractivity contribution in [1.82, 2.24) is 0 Å². The summed E-state index contributed by atoms with van der Waals surface area (Å²) in [6, 6.07) is 6.68. The third kappa shape index (κ3) is 1.94. The molecule has 0 fully saturated rings. The first kappa shape index (κ1) is 13.1. The highest BCUT2D eigenvalue weighted by molar-refractivity contribution is 7.96. The van der Waals surface area contributed by atoms with Gasteiger partial charge in [0.2, 0.25) is 5.12 Å². The van der Waals surface area contributed by atoms with Gasteiger partial charge in [-0.3, -0.25) is 4.79 Å². The predicted molar refractivity (Wildman–Crippen MR) is 55.2 cm³/mol. The van der Waals surface area contributed by atoms with Crippen molar-refractivity contribution in [2.24, 2.45) is 0 Å². The Morgan fingerprint density at radius 3 is 2.06 bits per heavy atom. The van der Waals surface area contributed by atoms with Gasteiger partial charge in [0.25, 0.3) is 5.60 Å². The van der Waals surface area contributed by atoms with Crippen molar-refractivity contribution in [3.63, 3.8) is 0 Å². The number of hydrogen-bond acceptors (Lipinski definition) is 2. The first-order valence-electron chi connectivity index (χ1n) is 4.27. The van der Waals surface area contributed by atoms with Gasteiger partial charge in [-0.25, -0.2) is 0 Å². The molecule has 0 aliphatic rings. The van der Waals surface area contributed by atoms with Gasteiger partial charge in [0.05, 0.1) is 0 Å². The largest absolute Gasteiger partial charge is 0.429 e. The van der Waals surface area contributed by atoms with E-state index in [0.29, 0.717) is 0 Å². The van der Waals surface area contributed by atoms with E-state index in [1.165, 1.54) is 24.3 Å². The summed E-state index contributed by atoms with van der Waals surface area (Å²) in [6.45, 7) is 0. The van der Waals surface area contributed by atoms with Gasteiger partial charge in [-0.05, 0) is 0 Å². The van der Waals surface area contributed by atoms with Crippen LogP contribution in [-0.4, -0.2) is 18.4 Å². The number of thiol groups is 1. The Balaban J connectivity index is 3.42. The van der Waals surface area contributed by atoms with Crippen LogP contribution in [-0.2, 0) is 15.1 Å². The minimum absolute atomic E-state index is 0.287. The summed E-state index contributed by atoms with van der Waals surface area (Å²) in [5.41, 5.74) is -3.29. The van der Waals surface area contributed by atoms with Gasteiger partial charge in [-0.15, -0.1) is 12.6 Å². The highest BCUT2D eigenvalue weighted by Gasteiger charge is 2.61. The molecule has 0 aromatic heterocycles. The third-order valence-corrected chi connectivity index (χ3v) is 2.50. The van der Waals surface area contributed by atoms with Gasteiger partial charge in [-0.1, -0.05) is 30.3 Å². The fraction of sp³-hybridized carbons (Fsp3) is 0.300. The summed E-state index contributed by atoms with van der Waals surface area (Å²) < 4.78 is 43.2. The molecule has 0 bridgehead atoms. The zero-order valence-electron chi connectivity index (χ0n) is 8.28. The molecule has 0 saturated heterocycles. The lowest BCUT2D eigenvalue weighted by Gasteiger charge is -2.31. The molecule has 0 N–H and O–H groups in total. The summed E-state index contributed by atoms with van der Waals surface area (Å²) >= 11 is 3.28. The summed E-state index contributed by atoms with van der Waals surface area (Å²) in [6.07, 6.45) is -4.86. The smallest absolute Gasteiger partial charge is 0.357 e. The van der Waals surface area contributed by atoms with Gasteiger partial charge >= 0.3 is 6.18 Å². The van der Waals surface area contributed by atoms with E-state index >= 15 is 0 Å². The standard InChI is InChI=1S/C10H9F3O2S/c1-15-9(8(14)16,10(11,12)13)7-5-3-2-4-6-7/h2-6H,1H3,(H,14,16)/t9-/m1/s1. The van der Waals surface area contributed by atoms with Crippen LogP contribution in [0.4, 0.5) is 13.2 Å². The first-order valence-corrected chi connectivity index (χ1v) is 4.71. The van der Waals surface area contributed by atoms with Crippen molar-refractivity contribution in [3.05, 3.63) is 35.9 Å². The zero-order valence-corrected chi connectivity index (χ0v) is 9.18. The van der Waals surface area contributed by atoms with Gasteiger partial charge in [0.1, 0.15) is 0 Å². The molecule has 0 aliphatic carbocycles. The molecular formula is C10H9F3O2S. The molecule has 0 spiro atoms.